The van der Waals surface area contributed by atoms with Crippen molar-refractivity contribution in [1.82, 2.24) is 0 Å². The average Bonchev–Trinajstić information content (AvgIpc) is 2.52. The van der Waals surface area contributed by atoms with Crippen molar-refractivity contribution in [2.24, 2.45) is 0 Å². The van der Waals surface area contributed by atoms with E-state index >= 15 is 0 Å². The van der Waals surface area contributed by atoms with Crippen LogP contribution in [0.1, 0.15) is 22.0 Å². The molecule has 1 heterocycles. The molecule has 1 aliphatic rings. The minimum Gasteiger partial charge on any atom is -0.474 e. The fraction of sp³-hybridized carbons (Fsp3) is 0.133. The third kappa shape index (κ3) is 2.73. The van der Waals surface area contributed by atoms with Crippen LogP contribution in [0.5, 0.6) is 5.75 Å². The zero-order valence-electron chi connectivity index (χ0n) is 11.6. The van der Waals surface area contributed by atoms with Gasteiger partial charge in [-0.05, 0) is 51.8 Å². The molecule has 0 saturated carbocycles. The Morgan fingerprint density at radius 2 is 1.83 bits per heavy atom. The molecule has 1 aliphatic heterocycles. The van der Waals surface area contributed by atoms with E-state index in [1.54, 1.807) is 30.3 Å². The van der Waals surface area contributed by atoms with Crippen LogP contribution >= 0.6 is 55.1 Å². The summed E-state index contributed by atoms with van der Waals surface area (Å²) in [5.41, 5.74) is 0.410. The summed E-state index contributed by atoms with van der Waals surface area (Å²) in [7, 11) is 0. The van der Waals surface area contributed by atoms with Crippen LogP contribution < -0.4 is 4.74 Å². The normalized spacial score (nSPS) is 22.7. The number of carbonyl (C=O) groups excluding carboxylic acids is 1. The van der Waals surface area contributed by atoms with Gasteiger partial charge < -0.3 is 4.74 Å². The maximum atomic E-state index is 12.8. The average molecular weight is 496 g/mol. The molecule has 5 nitrogen and oxygen atoms in total. The lowest BCUT2D eigenvalue weighted by Crippen LogP contribution is -2.51. The molecule has 3 rings (SSSR count). The molecule has 0 spiro atoms. The van der Waals surface area contributed by atoms with E-state index in [4.69, 9.17) is 27.9 Å². The second kappa shape index (κ2) is 6.29. The van der Waals surface area contributed by atoms with Gasteiger partial charge in [-0.25, -0.2) is 0 Å². The van der Waals surface area contributed by atoms with E-state index in [9.17, 15) is 14.9 Å². The van der Waals surface area contributed by atoms with Gasteiger partial charge >= 0.3 is 5.00 Å². The SMILES string of the molecule is O=C1c2cc(Br)cc(Br)c2O[C@H](c2ccc(Cl)cc2)[C@@]1(Cl)[N+](=O)[O-]. The summed E-state index contributed by atoms with van der Waals surface area (Å²) in [4.78, 5) is 21.2. The number of nitrogens with zero attached hydrogens (tertiary/aromatic N) is 1. The van der Waals surface area contributed by atoms with Crippen molar-refractivity contribution in [1.29, 1.82) is 0 Å². The molecule has 0 fully saturated rings. The van der Waals surface area contributed by atoms with Gasteiger partial charge in [-0.2, -0.15) is 0 Å². The van der Waals surface area contributed by atoms with E-state index in [-0.39, 0.29) is 11.3 Å². The van der Waals surface area contributed by atoms with Crippen LogP contribution in [0.2, 0.25) is 5.02 Å². The largest absolute Gasteiger partial charge is 0.474 e. The molecule has 24 heavy (non-hydrogen) atoms. The van der Waals surface area contributed by atoms with Gasteiger partial charge in [-0.15, -0.1) is 0 Å². The summed E-state index contributed by atoms with van der Waals surface area (Å²) in [6, 6.07) is 9.30. The Morgan fingerprint density at radius 3 is 2.42 bits per heavy atom. The Labute approximate surface area is 163 Å². The molecule has 2 atom stereocenters. The van der Waals surface area contributed by atoms with Gasteiger partial charge in [-0.3, -0.25) is 14.9 Å². The van der Waals surface area contributed by atoms with Crippen LogP contribution in [0, 0.1) is 10.1 Å². The maximum absolute atomic E-state index is 12.8. The van der Waals surface area contributed by atoms with Gasteiger partial charge in [0.25, 0.3) is 5.78 Å². The predicted octanol–water partition coefficient (Wildman–Crippen LogP) is 5.39. The van der Waals surface area contributed by atoms with Crippen LogP contribution in [-0.4, -0.2) is 15.7 Å². The molecule has 0 N–H and O–H groups in total. The number of fused-ring (bicyclic) bond motifs is 1. The number of nitro groups is 1. The lowest BCUT2D eigenvalue weighted by Gasteiger charge is -2.33. The number of Topliss-reactive ketones (excluding diaryl/α,β-unsaturated/α-hetero) is 1. The zero-order valence-corrected chi connectivity index (χ0v) is 16.3. The summed E-state index contributed by atoms with van der Waals surface area (Å²) in [5.74, 6) is -0.626. The highest BCUT2D eigenvalue weighted by atomic mass is 79.9. The molecular formula is C15H7Br2Cl2NO4. The third-order valence-electron chi connectivity index (χ3n) is 3.59. The van der Waals surface area contributed by atoms with Crippen molar-refractivity contribution in [3.05, 3.63) is 71.6 Å². The molecule has 124 valence electrons. The molecule has 0 amide bonds. The standard InChI is InChI=1S/C15H7Br2Cl2NO4/c16-8-5-10-12(11(17)6-8)24-14(7-1-3-9(18)4-2-7)15(19,13(10)21)20(22)23/h1-6,14H/t14-,15+/m1/s1. The molecule has 2 aromatic rings. The fourth-order valence-corrected chi connectivity index (χ4v) is 4.17. The Bertz CT molecular complexity index is 859. The van der Waals surface area contributed by atoms with Gasteiger partial charge in [0.05, 0.1) is 15.0 Å². The molecule has 9 heteroatoms. The second-order valence-electron chi connectivity index (χ2n) is 5.07. The van der Waals surface area contributed by atoms with Crippen LogP contribution in [0.15, 0.2) is 45.3 Å². The van der Waals surface area contributed by atoms with Crippen LogP contribution in [0.3, 0.4) is 0 Å². The topological polar surface area (TPSA) is 69.4 Å². The van der Waals surface area contributed by atoms with Crippen molar-refractivity contribution >= 4 is 60.8 Å². The second-order valence-corrected chi connectivity index (χ2v) is 7.86. The van der Waals surface area contributed by atoms with E-state index in [0.29, 0.717) is 19.5 Å². The van der Waals surface area contributed by atoms with Gasteiger partial charge in [0.1, 0.15) is 5.75 Å². The lowest BCUT2D eigenvalue weighted by atomic mass is 9.91. The van der Waals surface area contributed by atoms with E-state index in [2.05, 4.69) is 31.9 Å². The third-order valence-corrected chi connectivity index (χ3v) is 5.40. The molecule has 0 radical (unpaired) electrons. The minimum atomic E-state index is -2.47. The molecule has 0 aromatic heterocycles. The summed E-state index contributed by atoms with van der Waals surface area (Å²) in [5, 5.41) is 12.1. The smallest absolute Gasteiger partial charge is 0.397 e. The molecule has 2 aromatic carbocycles. The van der Waals surface area contributed by atoms with Crippen molar-refractivity contribution in [2.45, 2.75) is 11.1 Å². The molecule has 0 unspecified atom stereocenters. The molecule has 0 saturated heterocycles. The first-order valence-corrected chi connectivity index (χ1v) is 8.88. The first-order chi connectivity index (χ1) is 11.2. The van der Waals surface area contributed by atoms with Crippen molar-refractivity contribution < 1.29 is 14.5 Å². The summed E-state index contributed by atoms with van der Waals surface area (Å²) in [6.45, 7) is 0. The number of hydrogen-bond donors (Lipinski definition) is 0. The number of hydrogen-bond acceptors (Lipinski definition) is 4. The Balaban J connectivity index is 2.23. The number of carbonyl (C=O) groups is 1. The van der Waals surface area contributed by atoms with Crippen molar-refractivity contribution in [3.63, 3.8) is 0 Å². The molecule has 0 bridgehead atoms. The van der Waals surface area contributed by atoms with Crippen LogP contribution in [-0.2, 0) is 0 Å². The predicted molar refractivity (Wildman–Crippen MR) is 96.6 cm³/mol. The van der Waals surface area contributed by atoms with Gasteiger partial charge in [-0.1, -0.05) is 39.7 Å². The first kappa shape index (κ1) is 17.7. The monoisotopic (exact) mass is 493 g/mol. The number of benzene rings is 2. The summed E-state index contributed by atoms with van der Waals surface area (Å²) >= 11 is 18.6. The van der Waals surface area contributed by atoms with Crippen molar-refractivity contribution in [3.8, 4) is 5.75 Å². The number of rotatable bonds is 2. The van der Waals surface area contributed by atoms with E-state index in [1.807, 2.05) is 0 Å². The number of halogens is 4. The van der Waals surface area contributed by atoms with Gasteiger partial charge in [0.15, 0.2) is 0 Å². The highest BCUT2D eigenvalue weighted by Gasteiger charge is 2.62. The summed E-state index contributed by atoms with van der Waals surface area (Å²) in [6.07, 6.45) is -1.30. The van der Waals surface area contributed by atoms with Gasteiger partial charge in [0.2, 0.25) is 6.10 Å². The number of ether oxygens (including phenoxy) is 1. The minimum absolute atomic E-state index is 0.0353. The highest BCUT2D eigenvalue weighted by molar-refractivity contribution is 9.11. The van der Waals surface area contributed by atoms with E-state index in [1.165, 1.54) is 6.07 Å². The zero-order chi connectivity index (χ0) is 17.6. The van der Waals surface area contributed by atoms with Crippen LogP contribution in [0.4, 0.5) is 0 Å². The number of alkyl halides is 1. The molecule has 0 aliphatic carbocycles. The first-order valence-electron chi connectivity index (χ1n) is 6.54. The van der Waals surface area contributed by atoms with E-state index in [0.717, 1.165) is 0 Å². The highest BCUT2D eigenvalue weighted by Crippen LogP contribution is 2.48. The Morgan fingerprint density at radius 1 is 1.21 bits per heavy atom. The quantitative estimate of drug-likeness (QED) is 0.242. The molecular weight excluding hydrogens is 489 g/mol. The van der Waals surface area contributed by atoms with Gasteiger partial charge in [0, 0.05) is 15.1 Å². The maximum Gasteiger partial charge on any atom is 0.397 e. The Kier molecular flexibility index (Phi) is 4.63. The van der Waals surface area contributed by atoms with Crippen LogP contribution in [0.25, 0.3) is 0 Å². The summed E-state index contributed by atoms with van der Waals surface area (Å²) < 4.78 is 6.84. The van der Waals surface area contributed by atoms with Crippen molar-refractivity contribution in [2.75, 3.05) is 0 Å². The lowest BCUT2D eigenvalue weighted by molar-refractivity contribution is -0.536. The van der Waals surface area contributed by atoms with E-state index < -0.39 is 21.8 Å². The Hall–Kier alpha value is -1.15. The fourth-order valence-electron chi connectivity index (χ4n) is 2.46. The number of ketones is 1.